The Morgan fingerprint density at radius 3 is 2.50 bits per heavy atom. The number of carbonyl (C=O) groups excluding carboxylic acids is 1. The maximum absolute atomic E-state index is 11.8. The first-order valence-electron chi connectivity index (χ1n) is 7.50. The molecule has 3 fully saturated rings. The van der Waals surface area contributed by atoms with Crippen LogP contribution in [0.15, 0.2) is 0 Å². The van der Waals surface area contributed by atoms with Gasteiger partial charge in [0.05, 0.1) is 6.42 Å². The van der Waals surface area contributed by atoms with Crippen molar-refractivity contribution in [1.29, 1.82) is 0 Å². The van der Waals surface area contributed by atoms with Crippen LogP contribution in [-0.4, -0.2) is 11.6 Å². The highest BCUT2D eigenvalue weighted by molar-refractivity contribution is 5.73. The lowest BCUT2D eigenvalue weighted by Gasteiger charge is -2.59. The highest BCUT2D eigenvalue weighted by atomic mass is 16.6. The van der Waals surface area contributed by atoms with Gasteiger partial charge in [-0.15, -0.1) is 0 Å². The summed E-state index contributed by atoms with van der Waals surface area (Å²) in [6, 6.07) is 0. The zero-order valence-electron chi connectivity index (χ0n) is 12.2. The van der Waals surface area contributed by atoms with E-state index < -0.39 is 0 Å². The van der Waals surface area contributed by atoms with Gasteiger partial charge in [0, 0.05) is 5.92 Å². The van der Waals surface area contributed by atoms with Crippen molar-refractivity contribution in [3.63, 3.8) is 0 Å². The summed E-state index contributed by atoms with van der Waals surface area (Å²) in [6.45, 7) is 9.46. The second-order valence-electron chi connectivity index (χ2n) is 7.98. The highest BCUT2D eigenvalue weighted by Gasteiger charge is 2.62. The highest BCUT2D eigenvalue weighted by Crippen LogP contribution is 2.64. The zero-order chi connectivity index (χ0) is 13.2. The van der Waals surface area contributed by atoms with E-state index in [1.165, 1.54) is 25.7 Å². The van der Waals surface area contributed by atoms with Gasteiger partial charge in [-0.05, 0) is 49.4 Å². The normalized spacial score (nSPS) is 50.3. The van der Waals surface area contributed by atoms with Gasteiger partial charge in [-0.25, -0.2) is 0 Å². The van der Waals surface area contributed by atoms with E-state index >= 15 is 0 Å². The molecule has 1 aliphatic heterocycles. The van der Waals surface area contributed by atoms with E-state index in [2.05, 4.69) is 27.7 Å². The van der Waals surface area contributed by atoms with Gasteiger partial charge < -0.3 is 4.74 Å². The Balaban J connectivity index is 2.00. The van der Waals surface area contributed by atoms with Gasteiger partial charge in [0.2, 0.25) is 0 Å². The van der Waals surface area contributed by atoms with Crippen molar-refractivity contribution in [3.8, 4) is 0 Å². The van der Waals surface area contributed by atoms with Crippen molar-refractivity contribution in [2.45, 2.75) is 71.8 Å². The number of rotatable bonds is 0. The van der Waals surface area contributed by atoms with E-state index in [1.807, 2.05) is 0 Å². The van der Waals surface area contributed by atoms with Gasteiger partial charge >= 0.3 is 5.97 Å². The van der Waals surface area contributed by atoms with Crippen LogP contribution in [0.4, 0.5) is 0 Å². The molecule has 18 heavy (non-hydrogen) atoms. The monoisotopic (exact) mass is 250 g/mol. The molecule has 0 radical (unpaired) electrons. The number of hydrogen-bond acceptors (Lipinski definition) is 2. The molecule has 0 aromatic heterocycles. The minimum Gasteiger partial charge on any atom is -0.459 e. The van der Waals surface area contributed by atoms with Crippen LogP contribution in [0, 0.1) is 22.7 Å². The molecular weight excluding hydrogens is 224 g/mol. The lowest BCUT2D eigenvalue weighted by atomic mass is 9.45. The molecule has 2 heteroatoms. The lowest BCUT2D eigenvalue weighted by Crippen LogP contribution is -2.55. The van der Waals surface area contributed by atoms with Crippen LogP contribution in [0.5, 0.6) is 0 Å². The SMILES string of the molecule is CC1(C)CCC[C@]2(C)C3CC(=O)O[C@@]3(C)CC[C@H]12. The topological polar surface area (TPSA) is 26.3 Å². The largest absolute Gasteiger partial charge is 0.459 e. The molecule has 0 aromatic rings. The van der Waals surface area contributed by atoms with E-state index in [-0.39, 0.29) is 11.6 Å². The maximum Gasteiger partial charge on any atom is 0.306 e. The Hall–Kier alpha value is -0.530. The number of carbonyl (C=O) groups is 1. The summed E-state index contributed by atoms with van der Waals surface area (Å²) >= 11 is 0. The average Bonchev–Trinajstić information content (AvgIpc) is 2.53. The molecule has 1 unspecified atom stereocenters. The van der Waals surface area contributed by atoms with Gasteiger partial charge in [0.15, 0.2) is 0 Å². The molecule has 3 rings (SSSR count). The van der Waals surface area contributed by atoms with Gasteiger partial charge in [0.1, 0.15) is 5.60 Å². The Morgan fingerprint density at radius 2 is 1.78 bits per heavy atom. The summed E-state index contributed by atoms with van der Waals surface area (Å²) in [6.07, 6.45) is 6.86. The van der Waals surface area contributed by atoms with E-state index in [0.717, 1.165) is 12.3 Å². The van der Waals surface area contributed by atoms with Crippen molar-refractivity contribution >= 4 is 5.97 Å². The van der Waals surface area contributed by atoms with Crippen LogP contribution in [0.25, 0.3) is 0 Å². The van der Waals surface area contributed by atoms with Gasteiger partial charge in [-0.1, -0.05) is 27.2 Å². The van der Waals surface area contributed by atoms with Crippen LogP contribution < -0.4 is 0 Å². The molecule has 102 valence electrons. The third kappa shape index (κ3) is 1.50. The van der Waals surface area contributed by atoms with Gasteiger partial charge in [-0.3, -0.25) is 4.79 Å². The third-order valence-electron chi connectivity index (χ3n) is 6.46. The molecule has 1 heterocycles. The molecule has 3 aliphatic rings. The number of hydrogen-bond donors (Lipinski definition) is 0. The fourth-order valence-electron chi connectivity index (χ4n) is 5.65. The molecule has 0 amide bonds. The van der Waals surface area contributed by atoms with Crippen molar-refractivity contribution in [2.24, 2.45) is 22.7 Å². The third-order valence-corrected chi connectivity index (χ3v) is 6.46. The summed E-state index contributed by atoms with van der Waals surface area (Å²) in [4.78, 5) is 11.8. The fraction of sp³-hybridized carbons (Fsp3) is 0.938. The minimum atomic E-state index is -0.171. The average molecular weight is 250 g/mol. The van der Waals surface area contributed by atoms with Crippen LogP contribution in [0.1, 0.15) is 66.2 Å². The second kappa shape index (κ2) is 3.52. The Bertz CT molecular complexity index is 387. The Labute approximate surface area is 110 Å². The van der Waals surface area contributed by atoms with Crippen LogP contribution >= 0.6 is 0 Å². The number of esters is 1. The zero-order valence-corrected chi connectivity index (χ0v) is 12.2. The minimum absolute atomic E-state index is 0.0350. The van der Waals surface area contributed by atoms with Crippen molar-refractivity contribution in [3.05, 3.63) is 0 Å². The van der Waals surface area contributed by atoms with Crippen LogP contribution in [0.2, 0.25) is 0 Å². The molecule has 0 N–H and O–H groups in total. The first-order chi connectivity index (χ1) is 8.28. The van der Waals surface area contributed by atoms with Gasteiger partial charge in [-0.2, -0.15) is 0 Å². The van der Waals surface area contributed by atoms with Crippen LogP contribution in [0.3, 0.4) is 0 Å². The summed E-state index contributed by atoms with van der Waals surface area (Å²) in [5.74, 6) is 1.23. The second-order valence-corrected chi connectivity index (χ2v) is 7.98. The summed E-state index contributed by atoms with van der Waals surface area (Å²) in [7, 11) is 0. The number of fused-ring (bicyclic) bond motifs is 3. The molecule has 0 aromatic carbocycles. The summed E-state index contributed by atoms with van der Waals surface area (Å²) in [5.41, 5.74) is 0.566. The summed E-state index contributed by atoms with van der Waals surface area (Å²) in [5, 5.41) is 0. The first-order valence-corrected chi connectivity index (χ1v) is 7.50. The fourth-order valence-corrected chi connectivity index (χ4v) is 5.65. The standard InChI is InChI=1S/C16H26O2/c1-14(2)7-5-8-15(3)11(14)6-9-16(4)12(15)10-13(17)18-16/h11-12H,5-10H2,1-4H3/t11-,12?,15+,16+/m1/s1. The van der Waals surface area contributed by atoms with E-state index in [4.69, 9.17) is 4.74 Å². The lowest BCUT2D eigenvalue weighted by molar-refractivity contribution is -0.164. The van der Waals surface area contributed by atoms with Gasteiger partial charge in [0.25, 0.3) is 0 Å². The van der Waals surface area contributed by atoms with E-state index in [1.54, 1.807) is 0 Å². The Kier molecular flexibility index (Phi) is 2.44. The molecular formula is C16H26O2. The smallest absolute Gasteiger partial charge is 0.306 e. The maximum atomic E-state index is 11.8. The molecule has 0 spiro atoms. The van der Waals surface area contributed by atoms with Crippen molar-refractivity contribution < 1.29 is 9.53 Å². The van der Waals surface area contributed by atoms with E-state index in [9.17, 15) is 4.79 Å². The summed E-state index contributed by atoms with van der Waals surface area (Å²) < 4.78 is 5.70. The predicted molar refractivity (Wildman–Crippen MR) is 71.1 cm³/mol. The van der Waals surface area contributed by atoms with Crippen molar-refractivity contribution in [1.82, 2.24) is 0 Å². The molecule has 4 atom stereocenters. The van der Waals surface area contributed by atoms with Crippen molar-refractivity contribution in [2.75, 3.05) is 0 Å². The van der Waals surface area contributed by atoms with E-state index in [0.29, 0.717) is 23.2 Å². The quantitative estimate of drug-likeness (QED) is 0.609. The first kappa shape index (κ1) is 12.5. The molecule has 1 saturated heterocycles. The molecule has 2 saturated carbocycles. The molecule has 2 aliphatic carbocycles. The predicted octanol–water partition coefficient (Wildman–Crippen LogP) is 3.93. The number of ether oxygens (including phenoxy) is 1. The molecule has 2 nitrogen and oxygen atoms in total. The molecule has 0 bridgehead atoms. The Morgan fingerprint density at radius 1 is 1.06 bits per heavy atom. The van der Waals surface area contributed by atoms with Crippen LogP contribution in [-0.2, 0) is 9.53 Å².